The Morgan fingerprint density at radius 1 is 1.46 bits per heavy atom. The molecular formula is C9H18FNOS. The van der Waals surface area contributed by atoms with Gasteiger partial charge in [-0.2, -0.15) is 0 Å². The first-order chi connectivity index (χ1) is 5.97. The van der Waals surface area contributed by atoms with Gasteiger partial charge in [-0.05, 0) is 26.2 Å². The summed E-state index contributed by atoms with van der Waals surface area (Å²) in [5, 5.41) is 0. The average molecular weight is 207 g/mol. The van der Waals surface area contributed by atoms with Gasteiger partial charge < -0.3 is 0 Å². The summed E-state index contributed by atoms with van der Waals surface area (Å²) in [6.07, 6.45) is 1.72. The zero-order valence-electron chi connectivity index (χ0n) is 8.38. The molecule has 0 aromatic rings. The van der Waals surface area contributed by atoms with E-state index in [1.54, 1.807) is 6.92 Å². The van der Waals surface area contributed by atoms with E-state index in [1.807, 2.05) is 6.92 Å². The number of alkyl halides is 1. The molecule has 78 valence electrons. The lowest BCUT2D eigenvalue weighted by Gasteiger charge is -2.27. The molecule has 0 aromatic carbocycles. The molecule has 2 nitrogen and oxygen atoms in total. The van der Waals surface area contributed by atoms with E-state index in [0.29, 0.717) is 30.9 Å². The Morgan fingerprint density at radius 2 is 2.00 bits per heavy atom. The molecule has 0 spiro atoms. The second-order valence-corrected chi connectivity index (χ2v) is 6.57. The highest BCUT2D eigenvalue weighted by molar-refractivity contribution is 7.93. The van der Waals surface area contributed by atoms with E-state index in [1.165, 1.54) is 0 Å². The van der Waals surface area contributed by atoms with Gasteiger partial charge in [0.15, 0.2) is 0 Å². The highest BCUT2D eigenvalue weighted by Gasteiger charge is 2.31. The van der Waals surface area contributed by atoms with Crippen molar-refractivity contribution in [2.75, 3.05) is 18.1 Å². The van der Waals surface area contributed by atoms with Gasteiger partial charge in [-0.1, -0.05) is 6.92 Å². The van der Waals surface area contributed by atoms with E-state index in [2.05, 4.69) is 4.36 Å². The number of hydrogen-bond donors (Lipinski definition) is 0. The van der Waals surface area contributed by atoms with Crippen LogP contribution in [-0.2, 0) is 9.73 Å². The van der Waals surface area contributed by atoms with Crippen molar-refractivity contribution in [1.29, 1.82) is 0 Å². The Balaban J connectivity index is 2.62. The van der Waals surface area contributed by atoms with Gasteiger partial charge in [0.05, 0.1) is 0 Å². The summed E-state index contributed by atoms with van der Waals surface area (Å²) in [4.78, 5) is 0. The standard InChI is InChI=1S/C9H18FNOS/c1-3-6-11-13(12)7-4-9(2,10)5-8-13/h3-8H2,1-2H3. The van der Waals surface area contributed by atoms with Crippen molar-refractivity contribution < 1.29 is 8.60 Å². The van der Waals surface area contributed by atoms with Crippen molar-refractivity contribution in [3.63, 3.8) is 0 Å². The van der Waals surface area contributed by atoms with E-state index in [0.717, 1.165) is 6.42 Å². The molecule has 1 aliphatic rings. The summed E-state index contributed by atoms with van der Waals surface area (Å²) in [5.41, 5.74) is -1.11. The van der Waals surface area contributed by atoms with Crippen molar-refractivity contribution in [3.8, 4) is 0 Å². The normalized spacial score (nSPS) is 40.2. The Hall–Kier alpha value is -0.120. The predicted octanol–water partition coefficient (Wildman–Crippen LogP) is 2.39. The fourth-order valence-electron chi connectivity index (χ4n) is 1.36. The largest absolute Gasteiger partial charge is 0.250 e. The fraction of sp³-hybridized carbons (Fsp3) is 1.00. The highest BCUT2D eigenvalue weighted by Crippen LogP contribution is 2.27. The van der Waals surface area contributed by atoms with Crippen LogP contribution >= 0.6 is 0 Å². The Morgan fingerprint density at radius 3 is 2.46 bits per heavy atom. The first-order valence-electron chi connectivity index (χ1n) is 4.85. The smallest absolute Gasteiger partial charge is 0.110 e. The second kappa shape index (κ2) is 3.95. The molecule has 1 rings (SSSR count). The molecule has 13 heavy (non-hydrogen) atoms. The Labute approximate surface area is 80.1 Å². The third-order valence-electron chi connectivity index (χ3n) is 2.43. The van der Waals surface area contributed by atoms with Crippen molar-refractivity contribution in [2.45, 2.75) is 38.8 Å². The van der Waals surface area contributed by atoms with Crippen LogP contribution < -0.4 is 0 Å². The van der Waals surface area contributed by atoms with Gasteiger partial charge in [0, 0.05) is 27.8 Å². The molecule has 4 heteroatoms. The summed E-state index contributed by atoms with van der Waals surface area (Å²) < 4.78 is 29.4. The third-order valence-corrected chi connectivity index (χ3v) is 4.77. The Bertz CT molecular complexity index is 263. The zero-order valence-corrected chi connectivity index (χ0v) is 9.20. The van der Waals surface area contributed by atoms with Gasteiger partial charge in [0.2, 0.25) is 0 Å². The molecule has 0 aliphatic carbocycles. The van der Waals surface area contributed by atoms with Gasteiger partial charge in [-0.25, -0.2) is 13.0 Å². The first-order valence-corrected chi connectivity index (χ1v) is 6.70. The van der Waals surface area contributed by atoms with Crippen LogP contribution in [0.25, 0.3) is 0 Å². The fourth-order valence-corrected chi connectivity index (χ4v) is 3.83. The maximum atomic E-state index is 13.4. The van der Waals surface area contributed by atoms with Crippen LogP contribution in [0.2, 0.25) is 0 Å². The van der Waals surface area contributed by atoms with E-state index < -0.39 is 15.4 Å². The molecule has 1 aliphatic heterocycles. The SMILES string of the molecule is CCCN=S1(=O)CCC(C)(F)CC1. The van der Waals surface area contributed by atoms with Crippen LogP contribution in [0.5, 0.6) is 0 Å². The number of hydrogen-bond acceptors (Lipinski definition) is 2. The number of rotatable bonds is 2. The average Bonchev–Trinajstić information content (AvgIpc) is 2.08. The van der Waals surface area contributed by atoms with Gasteiger partial charge in [-0.15, -0.1) is 0 Å². The summed E-state index contributed by atoms with van der Waals surface area (Å²) in [5.74, 6) is 0.889. The molecule has 0 amide bonds. The second-order valence-electron chi connectivity index (χ2n) is 3.95. The maximum Gasteiger partial charge on any atom is 0.110 e. The molecule has 0 unspecified atom stereocenters. The lowest BCUT2D eigenvalue weighted by Crippen LogP contribution is -2.32. The van der Waals surface area contributed by atoms with Crippen LogP contribution in [0.1, 0.15) is 33.1 Å². The van der Waals surface area contributed by atoms with Crippen molar-refractivity contribution in [2.24, 2.45) is 4.36 Å². The number of nitrogens with zero attached hydrogens (tertiary/aromatic N) is 1. The summed E-state index contributed by atoms with van der Waals surface area (Å²) in [6.45, 7) is 4.25. The van der Waals surface area contributed by atoms with Crippen molar-refractivity contribution in [1.82, 2.24) is 0 Å². The maximum absolute atomic E-state index is 13.4. The van der Waals surface area contributed by atoms with Gasteiger partial charge >= 0.3 is 0 Å². The minimum Gasteiger partial charge on any atom is -0.250 e. The summed E-state index contributed by atoms with van der Waals surface area (Å²) in [6, 6.07) is 0. The molecule has 0 atom stereocenters. The molecule has 0 bridgehead atoms. The first kappa shape index (κ1) is 11.0. The minimum atomic E-state index is -2.04. The quantitative estimate of drug-likeness (QED) is 0.683. The molecular weight excluding hydrogens is 189 g/mol. The number of halogens is 1. The highest BCUT2D eigenvalue weighted by atomic mass is 32.2. The van der Waals surface area contributed by atoms with E-state index in [9.17, 15) is 8.60 Å². The van der Waals surface area contributed by atoms with E-state index >= 15 is 0 Å². The molecule has 1 fully saturated rings. The van der Waals surface area contributed by atoms with Gasteiger partial charge in [0.1, 0.15) is 5.67 Å². The summed E-state index contributed by atoms with van der Waals surface area (Å²) in [7, 11) is -2.04. The monoisotopic (exact) mass is 207 g/mol. The van der Waals surface area contributed by atoms with E-state index in [4.69, 9.17) is 0 Å². The topological polar surface area (TPSA) is 29.4 Å². The lowest BCUT2D eigenvalue weighted by atomic mass is 10.0. The van der Waals surface area contributed by atoms with Crippen LogP contribution in [-0.4, -0.2) is 27.9 Å². The third kappa shape index (κ3) is 3.25. The Kier molecular flexibility index (Phi) is 3.33. The van der Waals surface area contributed by atoms with Gasteiger partial charge in [-0.3, -0.25) is 0 Å². The molecule has 0 saturated carbocycles. The lowest BCUT2D eigenvalue weighted by molar-refractivity contribution is 0.174. The van der Waals surface area contributed by atoms with Crippen molar-refractivity contribution in [3.05, 3.63) is 0 Å². The zero-order chi connectivity index (χ0) is 9.95. The molecule has 0 radical (unpaired) electrons. The van der Waals surface area contributed by atoms with Crippen LogP contribution in [0.3, 0.4) is 0 Å². The molecule has 1 saturated heterocycles. The van der Waals surface area contributed by atoms with Crippen molar-refractivity contribution >= 4 is 9.73 Å². The van der Waals surface area contributed by atoms with Gasteiger partial charge in [0.25, 0.3) is 0 Å². The van der Waals surface area contributed by atoms with Crippen LogP contribution in [0.4, 0.5) is 4.39 Å². The molecule has 0 N–H and O–H groups in total. The molecule has 1 heterocycles. The predicted molar refractivity (Wildman–Crippen MR) is 54.2 cm³/mol. The summed E-state index contributed by atoms with van der Waals surface area (Å²) >= 11 is 0. The van der Waals surface area contributed by atoms with Crippen LogP contribution in [0.15, 0.2) is 4.36 Å². The minimum absolute atomic E-state index is 0.402. The van der Waals surface area contributed by atoms with E-state index in [-0.39, 0.29) is 0 Å². The van der Waals surface area contributed by atoms with Crippen LogP contribution in [0, 0.1) is 0 Å². The molecule has 0 aromatic heterocycles.